The zero-order valence-electron chi connectivity index (χ0n) is 12.5. The van der Waals surface area contributed by atoms with Gasteiger partial charge < -0.3 is 14.8 Å². The maximum atomic E-state index is 5.24. The normalized spacial score (nSPS) is 10.6. The number of benzene rings is 2. The van der Waals surface area contributed by atoms with Crippen LogP contribution in [0.1, 0.15) is 5.56 Å². The molecule has 21 heavy (non-hydrogen) atoms. The van der Waals surface area contributed by atoms with E-state index in [9.17, 15) is 0 Å². The zero-order chi connectivity index (χ0) is 14.9. The molecule has 112 valence electrons. The number of methoxy groups -OCH3 is 2. The molecule has 0 spiro atoms. The molecule has 0 aliphatic rings. The van der Waals surface area contributed by atoms with Gasteiger partial charge in [0.25, 0.3) is 0 Å². The molecule has 0 radical (unpaired) electrons. The summed E-state index contributed by atoms with van der Waals surface area (Å²) in [5, 5.41) is 3.34. The highest BCUT2D eigenvalue weighted by molar-refractivity contribution is 7.99. The standard InChI is InChI=1S/C17H21NO2S/c1-19-11-10-18-13-14-6-8-16(9-7-14)21-17-5-3-4-15(12-17)20-2/h3-9,12,18H,10-11,13H2,1-2H3. The maximum absolute atomic E-state index is 5.24. The summed E-state index contributed by atoms with van der Waals surface area (Å²) in [7, 11) is 3.40. The summed E-state index contributed by atoms with van der Waals surface area (Å²) in [6, 6.07) is 16.7. The molecule has 3 nitrogen and oxygen atoms in total. The van der Waals surface area contributed by atoms with Crippen molar-refractivity contribution in [3.63, 3.8) is 0 Å². The fourth-order valence-electron chi connectivity index (χ4n) is 1.88. The average Bonchev–Trinajstić information content (AvgIpc) is 2.53. The minimum atomic E-state index is 0.740. The first kappa shape index (κ1) is 15.9. The Kier molecular flexibility index (Phi) is 6.60. The molecule has 2 aromatic carbocycles. The molecule has 0 saturated heterocycles. The lowest BCUT2D eigenvalue weighted by Crippen LogP contribution is -2.18. The van der Waals surface area contributed by atoms with E-state index in [1.165, 1.54) is 15.4 Å². The Balaban J connectivity index is 1.89. The van der Waals surface area contributed by atoms with E-state index in [2.05, 4.69) is 35.6 Å². The number of nitrogens with one attached hydrogen (secondary N) is 1. The van der Waals surface area contributed by atoms with Crippen LogP contribution in [0, 0.1) is 0 Å². The zero-order valence-corrected chi connectivity index (χ0v) is 13.3. The SMILES string of the molecule is COCCNCc1ccc(Sc2cccc(OC)c2)cc1. The van der Waals surface area contributed by atoms with E-state index < -0.39 is 0 Å². The molecule has 0 saturated carbocycles. The van der Waals surface area contributed by atoms with Crippen LogP contribution in [0.15, 0.2) is 58.3 Å². The van der Waals surface area contributed by atoms with Crippen molar-refractivity contribution in [3.05, 3.63) is 54.1 Å². The van der Waals surface area contributed by atoms with E-state index in [4.69, 9.17) is 9.47 Å². The third-order valence-electron chi connectivity index (χ3n) is 3.01. The van der Waals surface area contributed by atoms with Crippen molar-refractivity contribution in [3.8, 4) is 5.75 Å². The Morgan fingerprint density at radius 2 is 1.81 bits per heavy atom. The quantitative estimate of drug-likeness (QED) is 0.755. The monoisotopic (exact) mass is 303 g/mol. The van der Waals surface area contributed by atoms with Gasteiger partial charge in [-0.1, -0.05) is 30.0 Å². The third-order valence-corrected chi connectivity index (χ3v) is 4.01. The molecule has 0 amide bonds. The number of rotatable bonds is 8. The third kappa shape index (κ3) is 5.42. The van der Waals surface area contributed by atoms with Crippen molar-refractivity contribution < 1.29 is 9.47 Å². The summed E-state index contributed by atoms with van der Waals surface area (Å²) in [5.41, 5.74) is 1.28. The lowest BCUT2D eigenvalue weighted by molar-refractivity contribution is 0.199. The van der Waals surface area contributed by atoms with E-state index in [-0.39, 0.29) is 0 Å². The maximum Gasteiger partial charge on any atom is 0.119 e. The predicted molar refractivity (Wildman–Crippen MR) is 87.1 cm³/mol. The smallest absolute Gasteiger partial charge is 0.119 e. The summed E-state index contributed by atoms with van der Waals surface area (Å²) in [5.74, 6) is 0.888. The minimum Gasteiger partial charge on any atom is -0.497 e. The van der Waals surface area contributed by atoms with Crippen LogP contribution in [0.2, 0.25) is 0 Å². The molecule has 1 N–H and O–H groups in total. The summed E-state index contributed by atoms with van der Waals surface area (Å²) in [6.07, 6.45) is 0. The van der Waals surface area contributed by atoms with Crippen LogP contribution in [0.5, 0.6) is 5.75 Å². The first-order chi connectivity index (χ1) is 10.3. The highest BCUT2D eigenvalue weighted by Crippen LogP contribution is 2.30. The summed E-state index contributed by atoms with van der Waals surface area (Å²) in [4.78, 5) is 2.41. The van der Waals surface area contributed by atoms with Gasteiger partial charge in [-0.2, -0.15) is 0 Å². The highest BCUT2D eigenvalue weighted by Gasteiger charge is 2.00. The lowest BCUT2D eigenvalue weighted by atomic mass is 10.2. The molecule has 0 aliphatic heterocycles. The van der Waals surface area contributed by atoms with Crippen LogP contribution in [0.3, 0.4) is 0 Å². The van der Waals surface area contributed by atoms with Gasteiger partial charge in [-0.15, -0.1) is 0 Å². The molecular formula is C17H21NO2S. The van der Waals surface area contributed by atoms with Crippen molar-refractivity contribution in [1.82, 2.24) is 5.32 Å². The Morgan fingerprint density at radius 1 is 1.00 bits per heavy atom. The highest BCUT2D eigenvalue weighted by atomic mass is 32.2. The van der Waals surface area contributed by atoms with Crippen LogP contribution < -0.4 is 10.1 Å². The van der Waals surface area contributed by atoms with Crippen molar-refractivity contribution in [1.29, 1.82) is 0 Å². The molecule has 0 fully saturated rings. The second-order valence-corrected chi connectivity index (χ2v) is 5.74. The van der Waals surface area contributed by atoms with Crippen LogP contribution in [-0.4, -0.2) is 27.4 Å². The lowest BCUT2D eigenvalue weighted by Gasteiger charge is -2.07. The van der Waals surface area contributed by atoms with Gasteiger partial charge in [0.1, 0.15) is 5.75 Å². The van der Waals surface area contributed by atoms with E-state index in [0.29, 0.717) is 0 Å². The van der Waals surface area contributed by atoms with Crippen LogP contribution in [0.4, 0.5) is 0 Å². The van der Waals surface area contributed by atoms with Crippen LogP contribution in [-0.2, 0) is 11.3 Å². The van der Waals surface area contributed by atoms with Gasteiger partial charge in [0.05, 0.1) is 13.7 Å². The van der Waals surface area contributed by atoms with E-state index in [0.717, 1.165) is 25.4 Å². The molecule has 0 atom stereocenters. The van der Waals surface area contributed by atoms with Gasteiger partial charge in [0, 0.05) is 30.0 Å². The molecule has 0 aromatic heterocycles. The van der Waals surface area contributed by atoms with Gasteiger partial charge in [0.2, 0.25) is 0 Å². The Bertz CT molecular complexity index is 543. The minimum absolute atomic E-state index is 0.740. The van der Waals surface area contributed by atoms with Gasteiger partial charge in [0.15, 0.2) is 0 Å². The fourth-order valence-corrected chi connectivity index (χ4v) is 2.75. The van der Waals surface area contributed by atoms with Gasteiger partial charge >= 0.3 is 0 Å². The van der Waals surface area contributed by atoms with Crippen molar-refractivity contribution in [2.24, 2.45) is 0 Å². The van der Waals surface area contributed by atoms with Crippen LogP contribution >= 0.6 is 11.8 Å². The van der Waals surface area contributed by atoms with Gasteiger partial charge in [-0.3, -0.25) is 0 Å². The Hall–Kier alpha value is -1.49. The second kappa shape index (κ2) is 8.72. The summed E-state index contributed by atoms with van der Waals surface area (Å²) >= 11 is 1.74. The Morgan fingerprint density at radius 3 is 2.52 bits per heavy atom. The number of hydrogen-bond donors (Lipinski definition) is 1. The first-order valence-corrected chi connectivity index (χ1v) is 7.74. The van der Waals surface area contributed by atoms with Crippen LogP contribution in [0.25, 0.3) is 0 Å². The van der Waals surface area contributed by atoms with Crippen molar-refractivity contribution >= 4 is 11.8 Å². The molecule has 4 heteroatoms. The van der Waals surface area contributed by atoms with Gasteiger partial charge in [-0.25, -0.2) is 0 Å². The van der Waals surface area contributed by atoms with Crippen molar-refractivity contribution in [2.75, 3.05) is 27.4 Å². The topological polar surface area (TPSA) is 30.5 Å². The first-order valence-electron chi connectivity index (χ1n) is 6.92. The largest absolute Gasteiger partial charge is 0.497 e. The van der Waals surface area contributed by atoms with E-state index in [1.807, 2.05) is 18.2 Å². The van der Waals surface area contributed by atoms with E-state index in [1.54, 1.807) is 26.0 Å². The average molecular weight is 303 g/mol. The molecule has 2 rings (SSSR count). The molecular weight excluding hydrogens is 282 g/mol. The molecule has 2 aromatic rings. The summed E-state index contributed by atoms with van der Waals surface area (Å²) in [6.45, 7) is 2.48. The summed E-state index contributed by atoms with van der Waals surface area (Å²) < 4.78 is 10.3. The number of ether oxygens (including phenoxy) is 2. The van der Waals surface area contributed by atoms with Crippen molar-refractivity contribution in [2.45, 2.75) is 16.3 Å². The molecule has 0 heterocycles. The fraction of sp³-hybridized carbons (Fsp3) is 0.294. The molecule has 0 unspecified atom stereocenters. The molecule has 0 bridgehead atoms. The number of hydrogen-bond acceptors (Lipinski definition) is 4. The van der Waals surface area contributed by atoms with E-state index >= 15 is 0 Å². The predicted octanol–water partition coefficient (Wildman–Crippen LogP) is 3.58. The Labute approximate surface area is 130 Å². The van der Waals surface area contributed by atoms with Gasteiger partial charge in [-0.05, 0) is 35.9 Å². The second-order valence-electron chi connectivity index (χ2n) is 4.59. The molecule has 0 aliphatic carbocycles.